The third kappa shape index (κ3) is 3.74. The fourth-order valence-corrected chi connectivity index (χ4v) is 3.75. The van der Waals surface area contributed by atoms with Gasteiger partial charge in [-0.15, -0.1) is 0 Å². The van der Waals surface area contributed by atoms with E-state index in [9.17, 15) is 14.8 Å². The molecule has 3 N–H and O–H groups in total. The first-order valence-electron chi connectivity index (χ1n) is 9.45. The number of nitriles is 1. The molecule has 1 aromatic heterocycles. The zero-order chi connectivity index (χ0) is 22.2. The van der Waals surface area contributed by atoms with Crippen LogP contribution in [0.25, 0.3) is 11.3 Å². The van der Waals surface area contributed by atoms with Crippen molar-refractivity contribution in [2.75, 3.05) is 30.9 Å². The molecule has 0 bridgehead atoms. The van der Waals surface area contributed by atoms with Gasteiger partial charge in [-0.3, -0.25) is 0 Å². The first-order chi connectivity index (χ1) is 14.9. The van der Waals surface area contributed by atoms with Crippen LogP contribution in [0.5, 0.6) is 5.75 Å². The summed E-state index contributed by atoms with van der Waals surface area (Å²) in [5, 5.41) is 26.1. The SMILES string of the molecule is COc1ccc(Cl)cc1Nc1ncc(F)c(-c2cc(C#N)c3c(c2)[C@@](C)(CO)CN3)n1. The molecule has 0 saturated heterocycles. The second kappa shape index (κ2) is 8.02. The Balaban J connectivity index is 1.79. The van der Waals surface area contributed by atoms with Gasteiger partial charge < -0.3 is 20.5 Å². The lowest BCUT2D eigenvalue weighted by Crippen LogP contribution is -2.28. The highest BCUT2D eigenvalue weighted by atomic mass is 35.5. The van der Waals surface area contributed by atoms with Crippen LogP contribution in [0, 0.1) is 17.1 Å². The van der Waals surface area contributed by atoms with Gasteiger partial charge in [0.2, 0.25) is 5.95 Å². The fourth-order valence-electron chi connectivity index (χ4n) is 3.58. The molecule has 2 aromatic carbocycles. The van der Waals surface area contributed by atoms with Crippen molar-refractivity contribution < 1.29 is 14.2 Å². The van der Waals surface area contributed by atoms with Crippen molar-refractivity contribution in [2.45, 2.75) is 12.3 Å². The number of anilines is 3. The van der Waals surface area contributed by atoms with Crippen molar-refractivity contribution in [1.29, 1.82) is 5.26 Å². The molecule has 0 amide bonds. The van der Waals surface area contributed by atoms with E-state index >= 15 is 0 Å². The summed E-state index contributed by atoms with van der Waals surface area (Å²) in [6.07, 6.45) is 1.06. The lowest BCUT2D eigenvalue weighted by Gasteiger charge is -2.21. The van der Waals surface area contributed by atoms with Crippen LogP contribution in [0.4, 0.5) is 21.7 Å². The quantitative estimate of drug-likeness (QED) is 0.546. The van der Waals surface area contributed by atoms with Gasteiger partial charge in [-0.25, -0.2) is 14.4 Å². The summed E-state index contributed by atoms with van der Waals surface area (Å²) in [5.41, 5.74) is 2.14. The number of halogens is 2. The van der Waals surface area contributed by atoms with Crippen LogP contribution in [0.15, 0.2) is 36.5 Å². The van der Waals surface area contributed by atoms with Crippen LogP contribution >= 0.6 is 11.6 Å². The maximum atomic E-state index is 14.7. The Kier molecular flexibility index (Phi) is 5.39. The van der Waals surface area contributed by atoms with Crippen LogP contribution in [-0.2, 0) is 5.41 Å². The number of benzene rings is 2. The highest BCUT2D eigenvalue weighted by Crippen LogP contribution is 2.41. The summed E-state index contributed by atoms with van der Waals surface area (Å²) in [6.45, 7) is 2.24. The molecule has 1 aliphatic heterocycles. The highest BCUT2D eigenvalue weighted by molar-refractivity contribution is 6.31. The van der Waals surface area contributed by atoms with E-state index in [4.69, 9.17) is 16.3 Å². The highest BCUT2D eigenvalue weighted by Gasteiger charge is 2.36. The number of aliphatic hydroxyl groups excluding tert-OH is 1. The predicted octanol–water partition coefficient (Wildman–Crippen LogP) is 4.24. The Hall–Kier alpha value is -3.41. The number of hydrogen-bond acceptors (Lipinski definition) is 7. The fraction of sp³-hybridized carbons (Fsp3) is 0.227. The normalized spacial score (nSPS) is 16.9. The Morgan fingerprint density at radius 1 is 1.39 bits per heavy atom. The Labute approximate surface area is 183 Å². The van der Waals surface area contributed by atoms with Crippen LogP contribution < -0.4 is 15.4 Å². The van der Waals surface area contributed by atoms with E-state index < -0.39 is 11.2 Å². The summed E-state index contributed by atoms with van der Waals surface area (Å²) in [5.74, 6) is 0.0242. The maximum absolute atomic E-state index is 14.7. The van der Waals surface area contributed by atoms with Crippen LogP contribution in [0.2, 0.25) is 5.02 Å². The zero-order valence-corrected chi connectivity index (χ0v) is 17.6. The first-order valence-corrected chi connectivity index (χ1v) is 9.83. The molecule has 0 spiro atoms. The maximum Gasteiger partial charge on any atom is 0.228 e. The summed E-state index contributed by atoms with van der Waals surface area (Å²) in [4.78, 5) is 8.34. The van der Waals surface area contributed by atoms with Crippen molar-refractivity contribution in [3.63, 3.8) is 0 Å². The lowest BCUT2D eigenvalue weighted by atomic mass is 9.83. The minimum atomic E-state index is -0.635. The zero-order valence-electron chi connectivity index (χ0n) is 16.8. The van der Waals surface area contributed by atoms with Gasteiger partial charge in [-0.2, -0.15) is 5.26 Å². The number of fused-ring (bicyclic) bond motifs is 1. The predicted molar refractivity (Wildman–Crippen MR) is 116 cm³/mol. The number of aliphatic hydroxyl groups is 1. The van der Waals surface area contributed by atoms with Crippen molar-refractivity contribution >= 4 is 28.9 Å². The number of aromatic nitrogens is 2. The number of hydrogen-bond donors (Lipinski definition) is 3. The van der Waals surface area contributed by atoms with Gasteiger partial charge in [0.05, 0.1) is 36.9 Å². The van der Waals surface area contributed by atoms with Crippen molar-refractivity contribution in [3.8, 4) is 23.1 Å². The molecule has 2 heterocycles. The van der Waals surface area contributed by atoms with Gasteiger partial charge in [0.25, 0.3) is 0 Å². The minimum absolute atomic E-state index is 0.0324. The van der Waals surface area contributed by atoms with Gasteiger partial charge in [-0.1, -0.05) is 18.5 Å². The lowest BCUT2D eigenvalue weighted by molar-refractivity contribution is 0.219. The van der Waals surface area contributed by atoms with Gasteiger partial charge in [0.15, 0.2) is 5.82 Å². The smallest absolute Gasteiger partial charge is 0.228 e. The standard InChI is InChI=1S/C22H19ClFN5O2/c1-22(11-30)10-27-19-13(8-25)5-12(6-15(19)22)20-16(24)9-26-21(29-20)28-17-7-14(23)3-4-18(17)31-2/h3-7,9,27,30H,10-11H2,1-2H3,(H,26,28,29)/t22-/m1/s1. The molecule has 4 rings (SSSR count). The van der Waals surface area contributed by atoms with E-state index in [0.717, 1.165) is 11.8 Å². The average molecular weight is 440 g/mol. The molecule has 0 unspecified atom stereocenters. The summed E-state index contributed by atoms with van der Waals surface area (Å²) in [7, 11) is 1.52. The van der Waals surface area contributed by atoms with Gasteiger partial charge in [0.1, 0.15) is 17.5 Å². The Morgan fingerprint density at radius 3 is 2.90 bits per heavy atom. The minimum Gasteiger partial charge on any atom is -0.495 e. The molecule has 0 saturated carbocycles. The van der Waals surface area contributed by atoms with Gasteiger partial charge >= 0.3 is 0 Å². The molecular weight excluding hydrogens is 421 g/mol. The van der Waals surface area contributed by atoms with E-state index in [1.165, 1.54) is 7.11 Å². The molecular formula is C22H19ClFN5O2. The molecule has 9 heteroatoms. The van der Waals surface area contributed by atoms with Crippen LogP contribution in [0.3, 0.4) is 0 Å². The van der Waals surface area contributed by atoms with E-state index in [1.54, 1.807) is 30.3 Å². The van der Waals surface area contributed by atoms with Gasteiger partial charge in [0, 0.05) is 22.5 Å². The monoisotopic (exact) mass is 439 g/mol. The van der Waals surface area contributed by atoms with E-state index in [0.29, 0.717) is 39.8 Å². The number of nitrogens with zero attached hydrogens (tertiary/aromatic N) is 3. The molecule has 1 atom stereocenters. The van der Waals surface area contributed by atoms with E-state index in [1.807, 2.05) is 6.92 Å². The number of nitrogens with one attached hydrogen (secondary N) is 2. The second-order valence-corrected chi connectivity index (χ2v) is 7.93. The van der Waals surface area contributed by atoms with E-state index in [2.05, 4.69) is 26.7 Å². The second-order valence-electron chi connectivity index (χ2n) is 7.49. The van der Waals surface area contributed by atoms with Crippen molar-refractivity contribution in [2.24, 2.45) is 0 Å². The third-order valence-electron chi connectivity index (χ3n) is 5.34. The summed E-state index contributed by atoms with van der Waals surface area (Å²) < 4.78 is 20.0. The Morgan fingerprint density at radius 2 is 2.19 bits per heavy atom. The third-order valence-corrected chi connectivity index (χ3v) is 5.57. The molecule has 0 radical (unpaired) electrons. The van der Waals surface area contributed by atoms with Crippen LogP contribution in [-0.4, -0.2) is 35.3 Å². The topological polar surface area (TPSA) is 103 Å². The summed E-state index contributed by atoms with van der Waals surface area (Å²) >= 11 is 6.07. The summed E-state index contributed by atoms with van der Waals surface area (Å²) in [6, 6.07) is 10.5. The molecule has 1 aliphatic rings. The van der Waals surface area contributed by atoms with Gasteiger partial charge in [-0.05, 0) is 35.9 Å². The molecule has 31 heavy (non-hydrogen) atoms. The van der Waals surface area contributed by atoms with Crippen LogP contribution in [0.1, 0.15) is 18.1 Å². The first kappa shape index (κ1) is 20.8. The van der Waals surface area contributed by atoms with Crippen molar-refractivity contribution in [1.82, 2.24) is 9.97 Å². The molecule has 0 aliphatic carbocycles. The molecule has 0 fully saturated rings. The average Bonchev–Trinajstić information content (AvgIpc) is 3.12. The largest absolute Gasteiger partial charge is 0.495 e. The Bertz CT molecular complexity index is 1210. The molecule has 158 valence electrons. The number of ether oxygens (including phenoxy) is 1. The van der Waals surface area contributed by atoms with Crippen molar-refractivity contribution in [3.05, 3.63) is 58.5 Å². The number of methoxy groups -OCH3 is 1. The molecule has 3 aromatic rings. The molecule has 7 nitrogen and oxygen atoms in total. The number of rotatable bonds is 5. The van der Waals surface area contributed by atoms with E-state index in [-0.39, 0.29) is 18.2 Å².